The highest BCUT2D eigenvalue weighted by Crippen LogP contribution is 2.22. The Hall–Kier alpha value is -1.30. The monoisotopic (exact) mass is 258 g/mol. The van der Waals surface area contributed by atoms with E-state index in [-0.39, 0.29) is 18.6 Å². The smallest absolute Gasteiger partial charge is 0.314 e. The van der Waals surface area contributed by atoms with Crippen LogP contribution in [0.3, 0.4) is 0 Å². The second kappa shape index (κ2) is 7.92. The topological polar surface area (TPSA) is 87.7 Å². The van der Waals surface area contributed by atoms with E-state index < -0.39 is 5.97 Å². The average molecular weight is 258 g/mol. The molecule has 0 saturated carbocycles. The van der Waals surface area contributed by atoms with Crippen LogP contribution in [-0.4, -0.2) is 42.9 Å². The van der Waals surface area contributed by atoms with Crippen molar-refractivity contribution in [2.75, 3.05) is 19.7 Å². The quantitative estimate of drug-likeness (QED) is 0.594. The number of carboxylic acids is 1. The molecule has 0 bridgehead atoms. The minimum atomic E-state index is -0.842. The molecule has 1 saturated heterocycles. The van der Waals surface area contributed by atoms with Crippen LogP contribution in [0.1, 0.15) is 32.6 Å². The minimum Gasteiger partial charge on any atom is -0.481 e. The highest BCUT2D eigenvalue weighted by atomic mass is 16.5. The molecule has 0 aromatic rings. The molecule has 2 amide bonds. The Morgan fingerprint density at radius 1 is 1.39 bits per heavy atom. The number of rotatable bonds is 7. The van der Waals surface area contributed by atoms with Crippen LogP contribution in [0.15, 0.2) is 0 Å². The summed E-state index contributed by atoms with van der Waals surface area (Å²) in [7, 11) is 0. The first-order chi connectivity index (χ1) is 8.63. The standard InChI is InChI=1S/C12H22N2O4/c1-2-10-9(5-7-18-10)8-14-12(17)13-6-3-4-11(15)16/h9-10H,2-8H2,1H3,(H,15,16)(H2,13,14,17). The molecular formula is C12H22N2O4. The van der Waals surface area contributed by atoms with Crippen LogP contribution < -0.4 is 10.6 Å². The molecule has 0 radical (unpaired) electrons. The second-order valence-electron chi connectivity index (χ2n) is 4.50. The van der Waals surface area contributed by atoms with Gasteiger partial charge in [-0.3, -0.25) is 4.79 Å². The van der Waals surface area contributed by atoms with Crippen LogP contribution in [0.5, 0.6) is 0 Å². The SMILES string of the molecule is CCC1OCCC1CNC(=O)NCCCC(=O)O. The lowest BCUT2D eigenvalue weighted by Gasteiger charge is -2.17. The van der Waals surface area contributed by atoms with Crippen LogP contribution in [0.4, 0.5) is 4.79 Å². The Balaban J connectivity index is 2.07. The average Bonchev–Trinajstić information content (AvgIpc) is 2.79. The number of hydrogen-bond acceptors (Lipinski definition) is 3. The van der Waals surface area contributed by atoms with E-state index in [1.165, 1.54) is 0 Å². The molecular weight excluding hydrogens is 236 g/mol. The first-order valence-electron chi connectivity index (χ1n) is 6.48. The Labute approximate surface area is 107 Å². The summed E-state index contributed by atoms with van der Waals surface area (Å²) in [4.78, 5) is 21.7. The summed E-state index contributed by atoms with van der Waals surface area (Å²) >= 11 is 0. The zero-order valence-electron chi connectivity index (χ0n) is 10.8. The number of amides is 2. The van der Waals surface area contributed by atoms with Gasteiger partial charge >= 0.3 is 12.0 Å². The Bertz CT molecular complexity index is 283. The van der Waals surface area contributed by atoms with E-state index in [2.05, 4.69) is 17.6 Å². The highest BCUT2D eigenvalue weighted by Gasteiger charge is 2.26. The number of carbonyl (C=O) groups is 2. The summed E-state index contributed by atoms with van der Waals surface area (Å²) in [6, 6.07) is -0.234. The van der Waals surface area contributed by atoms with Crippen molar-refractivity contribution < 1.29 is 19.4 Å². The normalized spacial score (nSPS) is 22.7. The third-order valence-electron chi connectivity index (χ3n) is 3.13. The fourth-order valence-electron chi connectivity index (χ4n) is 2.11. The zero-order chi connectivity index (χ0) is 13.4. The van der Waals surface area contributed by atoms with Gasteiger partial charge in [0.25, 0.3) is 0 Å². The van der Waals surface area contributed by atoms with Crippen molar-refractivity contribution in [3.63, 3.8) is 0 Å². The minimum absolute atomic E-state index is 0.0780. The van der Waals surface area contributed by atoms with Crippen LogP contribution >= 0.6 is 0 Å². The van der Waals surface area contributed by atoms with Crippen molar-refractivity contribution in [1.82, 2.24) is 10.6 Å². The molecule has 0 aromatic heterocycles. The van der Waals surface area contributed by atoms with E-state index in [1.807, 2.05) is 0 Å². The molecule has 2 atom stereocenters. The van der Waals surface area contributed by atoms with E-state index in [0.717, 1.165) is 19.4 Å². The van der Waals surface area contributed by atoms with Crippen molar-refractivity contribution >= 4 is 12.0 Å². The Kier molecular flexibility index (Phi) is 6.49. The molecule has 0 aromatic carbocycles. The summed E-state index contributed by atoms with van der Waals surface area (Å²) in [5, 5.41) is 13.9. The maximum absolute atomic E-state index is 11.4. The van der Waals surface area contributed by atoms with E-state index in [0.29, 0.717) is 25.4 Å². The van der Waals surface area contributed by atoms with E-state index in [4.69, 9.17) is 9.84 Å². The number of aliphatic carboxylic acids is 1. The lowest BCUT2D eigenvalue weighted by Crippen LogP contribution is -2.40. The van der Waals surface area contributed by atoms with Gasteiger partial charge in [0.1, 0.15) is 0 Å². The zero-order valence-corrected chi connectivity index (χ0v) is 10.8. The largest absolute Gasteiger partial charge is 0.481 e. The number of nitrogens with one attached hydrogen (secondary N) is 2. The number of hydrogen-bond donors (Lipinski definition) is 3. The highest BCUT2D eigenvalue weighted by molar-refractivity contribution is 5.73. The number of ether oxygens (including phenoxy) is 1. The molecule has 1 aliphatic heterocycles. The van der Waals surface area contributed by atoms with Crippen molar-refractivity contribution in [2.45, 2.75) is 38.7 Å². The maximum Gasteiger partial charge on any atom is 0.314 e. The molecule has 1 fully saturated rings. The van der Waals surface area contributed by atoms with Gasteiger partial charge in [-0.15, -0.1) is 0 Å². The van der Waals surface area contributed by atoms with Crippen LogP contribution in [0.2, 0.25) is 0 Å². The molecule has 0 spiro atoms. The third-order valence-corrected chi connectivity index (χ3v) is 3.13. The Morgan fingerprint density at radius 2 is 2.17 bits per heavy atom. The van der Waals surface area contributed by atoms with Crippen LogP contribution in [0, 0.1) is 5.92 Å². The molecule has 2 unspecified atom stereocenters. The molecule has 6 heteroatoms. The fourth-order valence-corrected chi connectivity index (χ4v) is 2.11. The van der Waals surface area contributed by atoms with Crippen LogP contribution in [0.25, 0.3) is 0 Å². The number of carboxylic acid groups (broad SMARTS) is 1. The molecule has 1 aliphatic rings. The first kappa shape index (κ1) is 14.8. The molecule has 3 N–H and O–H groups in total. The summed E-state index contributed by atoms with van der Waals surface area (Å²) in [5.41, 5.74) is 0. The lowest BCUT2D eigenvalue weighted by molar-refractivity contribution is -0.137. The molecule has 0 aliphatic carbocycles. The summed E-state index contributed by atoms with van der Waals surface area (Å²) in [6.45, 7) is 3.85. The summed E-state index contributed by atoms with van der Waals surface area (Å²) in [5.74, 6) is -0.453. The molecule has 1 rings (SSSR count). The molecule has 18 heavy (non-hydrogen) atoms. The predicted octanol–water partition coefficient (Wildman–Crippen LogP) is 0.965. The van der Waals surface area contributed by atoms with Crippen molar-refractivity contribution in [2.24, 2.45) is 5.92 Å². The number of urea groups is 1. The Morgan fingerprint density at radius 3 is 2.83 bits per heavy atom. The summed E-state index contributed by atoms with van der Waals surface area (Å²) < 4.78 is 5.53. The van der Waals surface area contributed by atoms with Crippen molar-refractivity contribution in [1.29, 1.82) is 0 Å². The lowest BCUT2D eigenvalue weighted by atomic mass is 10.00. The number of carbonyl (C=O) groups excluding carboxylic acids is 1. The van der Waals surface area contributed by atoms with Crippen LogP contribution in [-0.2, 0) is 9.53 Å². The van der Waals surface area contributed by atoms with Gasteiger partial charge in [-0.1, -0.05) is 6.92 Å². The van der Waals surface area contributed by atoms with Gasteiger partial charge in [0, 0.05) is 32.0 Å². The van der Waals surface area contributed by atoms with Gasteiger partial charge < -0.3 is 20.5 Å². The van der Waals surface area contributed by atoms with Gasteiger partial charge in [0.05, 0.1) is 6.10 Å². The van der Waals surface area contributed by atoms with Gasteiger partial charge in [0.15, 0.2) is 0 Å². The molecule has 104 valence electrons. The summed E-state index contributed by atoms with van der Waals surface area (Å²) in [6.07, 6.45) is 2.73. The van der Waals surface area contributed by atoms with E-state index in [9.17, 15) is 9.59 Å². The maximum atomic E-state index is 11.4. The first-order valence-corrected chi connectivity index (χ1v) is 6.48. The van der Waals surface area contributed by atoms with Gasteiger partial charge in [-0.05, 0) is 19.3 Å². The third kappa shape index (κ3) is 5.35. The van der Waals surface area contributed by atoms with E-state index in [1.54, 1.807) is 0 Å². The van der Waals surface area contributed by atoms with Gasteiger partial charge in [-0.25, -0.2) is 4.79 Å². The molecule has 1 heterocycles. The van der Waals surface area contributed by atoms with E-state index >= 15 is 0 Å². The predicted molar refractivity (Wildman–Crippen MR) is 66.4 cm³/mol. The van der Waals surface area contributed by atoms with Gasteiger partial charge in [-0.2, -0.15) is 0 Å². The van der Waals surface area contributed by atoms with Gasteiger partial charge in [0.2, 0.25) is 0 Å². The fraction of sp³-hybridized carbons (Fsp3) is 0.833. The molecule has 6 nitrogen and oxygen atoms in total. The second-order valence-corrected chi connectivity index (χ2v) is 4.50. The van der Waals surface area contributed by atoms with Crippen molar-refractivity contribution in [3.05, 3.63) is 0 Å². The van der Waals surface area contributed by atoms with Crippen molar-refractivity contribution in [3.8, 4) is 0 Å².